The smallest absolute Gasteiger partial charge is 0.251 e. The molecule has 1 N–H and O–H groups in total. The summed E-state index contributed by atoms with van der Waals surface area (Å²) in [5.41, 5.74) is 1.45. The highest BCUT2D eigenvalue weighted by atomic mass is 16.1. The van der Waals surface area contributed by atoms with Crippen molar-refractivity contribution in [1.82, 2.24) is 5.32 Å². The second kappa shape index (κ2) is 3.01. The molecule has 1 aromatic rings. The fourth-order valence-electron chi connectivity index (χ4n) is 1.56. The van der Waals surface area contributed by atoms with Crippen molar-refractivity contribution >= 4 is 12.2 Å². The van der Waals surface area contributed by atoms with Gasteiger partial charge in [0.05, 0.1) is 5.92 Å². The minimum Gasteiger partial charge on any atom is -0.351 e. The van der Waals surface area contributed by atoms with Crippen LogP contribution < -0.4 is 5.32 Å². The third kappa shape index (κ3) is 1.22. The number of aldehydes is 1. The Morgan fingerprint density at radius 1 is 1.38 bits per heavy atom. The molecule has 1 aromatic carbocycles. The van der Waals surface area contributed by atoms with Gasteiger partial charge in [-0.1, -0.05) is 18.2 Å². The summed E-state index contributed by atoms with van der Waals surface area (Å²) in [5.74, 6) is -0.275. The SMILES string of the molecule is O=CC1CNC(=O)c2ccccc21. The zero-order chi connectivity index (χ0) is 9.26. The number of carbonyl (C=O) groups is 2. The van der Waals surface area contributed by atoms with E-state index in [9.17, 15) is 9.59 Å². The molecule has 2 rings (SSSR count). The van der Waals surface area contributed by atoms with Gasteiger partial charge in [-0.05, 0) is 11.6 Å². The molecule has 1 heterocycles. The number of nitrogens with one attached hydrogen (secondary N) is 1. The largest absolute Gasteiger partial charge is 0.351 e. The average molecular weight is 175 g/mol. The van der Waals surface area contributed by atoms with Gasteiger partial charge in [0.2, 0.25) is 0 Å². The highest BCUT2D eigenvalue weighted by molar-refractivity contribution is 5.98. The molecular weight excluding hydrogens is 166 g/mol. The summed E-state index contributed by atoms with van der Waals surface area (Å²) in [7, 11) is 0. The molecule has 3 nitrogen and oxygen atoms in total. The highest BCUT2D eigenvalue weighted by Crippen LogP contribution is 2.21. The van der Waals surface area contributed by atoms with Crippen LogP contribution in [0.2, 0.25) is 0 Å². The molecule has 1 atom stereocenters. The lowest BCUT2D eigenvalue weighted by Crippen LogP contribution is -2.35. The molecular formula is C10H9NO2. The van der Waals surface area contributed by atoms with Crippen LogP contribution in [0.15, 0.2) is 24.3 Å². The Morgan fingerprint density at radius 3 is 2.92 bits per heavy atom. The van der Waals surface area contributed by atoms with E-state index < -0.39 is 0 Å². The molecule has 0 aliphatic carbocycles. The molecule has 1 aliphatic heterocycles. The number of carbonyl (C=O) groups excluding carboxylic acids is 2. The van der Waals surface area contributed by atoms with Gasteiger partial charge in [0.25, 0.3) is 5.91 Å². The van der Waals surface area contributed by atoms with Crippen LogP contribution in [-0.2, 0) is 4.79 Å². The average Bonchev–Trinajstić information content (AvgIpc) is 2.19. The molecule has 0 spiro atoms. The predicted molar refractivity (Wildman–Crippen MR) is 47.6 cm³/mol. The molecule has 0 saturated carbocycles. The number of benzene rings is 1. The van der Waals surface area contributed by atoms with E-state index in [1.54, 1.807) is 12.1 Å². The van der Waals surface area contributed by atoms with Crippen molar-refractivity contribution in [3.8, 4) is 0 Å². The van der Waals surface area contributed by atoms with Gasteiger partial charge < -0.3 is 10.1 Å². The second-order valence-electron chi connectivity index (χ2n) is 3.04. The maximum Gasteiger partial charge on any atom is 0.251 e. The van der Waals surface area contributed by atoms with Crippen LogP contribution in [-0.4, -0.2) is 18.7 Å². The topological polar surface area (TPSA) is 46.2 Å². The summed E-state index contributed by atoms with van der Waals surface area (Å²) in [5, 5.41) is 2.67. The highest BCUT2D eigenvalue weighted by Gasteiger charge is 2.23. The normalized spacial score (nSPS) is 20.3. The van der Waals surface area contributed by atoms with Crippen LogP contribution >= 0.6 is 0 Å². The van der Waals surface area contributed by atoms with Gasteiger partial charge in [0.1, 0.15) is 6.29 Å². The molecule has 13 heavy (non-hydrogen) atoms. The maximum atomic E-state index is 11.3. The standard InChI is InChI=1S/C10H9NO2/c12-6-7-5-11-10(13)9-4-2-1-3-8(7)9/h1-4,6-7H,5H2,(H,11,13). The molecule has 0 radical (unpaired) electrons. The van der Waals surface area contributed by atoms with Gasteiger partial charge in [-0.25, -0.2) is 0 Å². The van der Waals surface area contributed by atoms with Gasteiger partial charge >= 0.3 is 0 Å². The second-order valence-corrected chi connectivity index (χ2v) is 3.04. The molecule has 1 aliphatic rings. The summed E-state index contributed by atoms with van der Waals surface area (Å²) >= 11 is 0. The quantitative estimate of drug-likeness (QED) is 0.639. The first kappa shape index (κ1) is 7.98. The Balaban J connectivity index is 2.53. The Labute approximate surface area is 75.8 Å². The molecule has 1 unspecified atom stereocenters. The molecule has 0 aromatic heterocycles. The fourth-order valence-corrected chi connectivity index (χ4v) is 1.56. The van der Waals surface area contributed by atoms with E-state index in [0.717, 1.165) is 11.8 Å². The fraction of sp³-hybridized carbons (Fsp3) is 0.200. The van der Waals surface area contributed by atoms with Gasteiger partial charge in [-0.2, -0.15) is 0 Å². The molecule has 3 heteroatoms. The zero-order valence-corrected chi connectivity index (χ0v) is 6.99. The first-order chi connectivity index (χ1) is 6.33. The lowest BCUT2D eigenvalue weighted by Gasteiger charge is -2.21. The predicted octanol–water partition coefficient (Wildman–Crippen LogP) is 0.713. The van der Waals surface area contributed by atoms with E-state index in [1.807, 2.05) is 12.1 Å². The minimum absolute atomic E-state index is 0.0892. The van der Waals surface area contributed by atoms with Crippen molar-refractivity contribution in [1.29, 1.82) is 0 Å². The molecule has 0 fully saturated rings. The number of hydrogen-bond donors (Lipinski definition) is 1. The van der Waals surface area contributed by atoms with E-state index in [0.29, 0.717) is 12.1 Å². The van der Waals surface area contributed by atoms with Crippen LogP contribution in [0.4, 0.5) is 0 Å². The van der Waals surface area contributed by atoms with Crippen LogP contribution in [0.5, 0.6) is 0 Å². The number of fused-ring (bicyclic) bond motifs is 1. The third-order valence-corrected chi connectivity index (χ3v) is 2.25. The van der Waals surface area contributed by atoms with Crippen molar-refractivity contribution in [3.63, 3.8) is 0 Å². The third-order valence-electron chi connectivity index (χ3n) is 2.25. The summed E-state index contributed by atoms with van der Waals surface area (Å²) in [4.78, 5) is 22.0. The van der Waals surface area contributed by atoms with Gasteiger partial charge in [0, 0.05) is 12.1 Å². The monoisotopic (exact) mass is 175 g/mol. The van der Waals surface area contributed by atoms with E-state index in [4.69, 9.17) is 0 Å². The van der Waals surface area contributed by atoms with E-state index in [2.05, 4.69) is 5.32 Å². The zero-order valence-electron chi connectivity index (χ0n) is 6.99. The van der Waals surface area contributed by atoms with Gasteiger partial charge in [0.15, 0.2) is 0 Å². The van der Waals surface area contributed by atoms with Crippen molar-refractivity contribution in [3.05, 3.63) is 35.4 Å². The Kier molecular flexibility index (Phi) is 1.85. The van der Waals surface area contributed by atoms with Crippen LogP contribution in [0, 0.1) is 0 Å². The van der Waals surface area contributed by atoms with Gasteiger partial charge in [-0.15, -0.1) is 0 Å². The number of amides is 1. The van der Waals surface area contributed by atoms with Crippen molar-refractivity contribution < 1.29 is 9.59 Å². The van der Waals surface area contributed by atoms with Gasteiger partial charge in [-0.3, -0.25) is 4.79 Å². The molecule has 66 valence electrons. The van der Waals surface area contributed by atoms with Crippen LogP contribution in [0.1, 0.15) is 21.8 Å². The summed E-state index contributed by atoms with van der Waals surface area (Å²) in [6, 6.07) is 7.20. The number of hydrogen-bond acceptors (Lipinski definition) is 2. The van der Waals surface area contributed by atoms with E-state index >= 15 is 0 Å². The summed E-state index contributed by atoms with van der Waals surface area (Å²) in [6.07, 6.45) is 0.873. The van der Waals surface area contributed by atoms with Crippen molar-refractivity contribution in [2.24, 2.45) is 0 Å². The molecule has 0 saturated heterocycles. The minimum atomic E-state index is -0.186. The lowest BCUT2D eigenvalue weighted by atomic mass is 9.92. The molecule has 0 bridgehead atoms. The van der Waals surface area contributed by atoms with Crippen molar-refractivity contribution in [2.75, 3.05) is 6.54 Å². The number of rotatable bonds is 1. The summed E-state index contributed by atoms with van der Waals surface area (Å²) in [6.45, 7) is 0.416. The Morgan fingerprint density at radius 2 is 2.15 bits per heavy atom. The lowest BCUT2D eigenvalue weighted by molar-refractivity contribution is -0.109. The maximum absolute atomic E-state index is 11.3. The van der Waals surface area contributed by atoms with Crippen LogP contribution in [0.3, 0.4) is 0 Å². The molecule has 1 amide bonds. The Hall–Kier alpha value is -1.64. The Bertz CT molecular complexity index is 360. The summed E-state index contributed by atoms with van der Waals surface area (Å²) < 4.78 is 0. The van der Waals surface area contributed by atoms with E-state index in [1.165, 1.54) is 0 Å². The van der Waals surface area contributed by atoms with Crippen LogP contribution in [0.25, 0.3) is 0 Å². The van der Waals surface area contributed by atoms with E-state index in [-0.39, 0.29) is 11.8 Å². The van der Waals surface area contributed by atoms with Crippen molar-refractivity contribution in [2.45, 2.75) is 5.92 Å². The first-order valence-corrected chi connectivity index (χ1v) is 4.15. The first-order valence-electron chi connectivity index (χ1n) is 4.15.